The summed E-state index contributed by atoms with van der Waals surface area (Å²) < 4.78 is 28.1. The fourth-order valence-electron chi connectivity index (χ4n) is 1.89. The summed E-state index contributed by atoms with van der Waals surface area (Å²) in [4.78, 5) is 0.108. The molecule has 0 bridgehead atoms. The summed E-state index contributed by atoms with van der Waals surface area (Å²) in [7, 11) is -3.66. The first-order valence-corrected chi connectivity index (χ1v) is 8.16. The molecule has 2 aromatic rings. The molecule has 106 valence electrons. The van der Waals surface area contributed by atoms with Crippen LogP contribution in [0.3, 0.4) is 0 Å². The Morgan fingerprint density at radius 2 is 1.55 bits per heavy atom. The second-order valence-corrected chi connectivity index (χ2v) is 7.11. The number of hydrogen-bond acceptors (Lipinski definition) is 3. The molecule has 0 radical (unpaired) electrons. The number of rotatable bonds is 3. The van der Waals surface area contributed by atoms with Crippen molar-refractivity contribution in [2.24, 2.45) is 0 Å². The molecule has 2 aromatic carbocycles. The van der Waals surface area contributed by atoms with Gasteiger partial charge in [0.25, 0.3) is 10.0 Å². The van der Waals surface area contributed by atoms with Crippen LogP contribution in [0.4, 0.5) is 5.69 Å². The number of aryl methyl sites for hydroxylation is 2. The minimum Gasteiger partial charge on any atom is -0.508 e. The van der Waals surface area contributed by atoms with Crippen molar-refractivity contribution in [1.29, 1.82) is 0 Å². The van der Waals surface area contributed by atoms with E-state index in [1.807, 2.05) is 26.0 Å². The van der Waals surface area contributed by atoms with E-state index in [9.17, 15) is 13.5 Å². The first-order chi connectivity index (χ1) is 9.29. The first kappa shape index (κ1) is 14.9. The lowest BCUT2D eigenvalue weighted by Crippen LogP contribution is -2.14. The van der Waals surface area contributed by atoms with E-state index in [0.29, 0.717) is 5.69 Å². The lowest BCUT2D eigenvalue weighted by molar-refractivity contribution is 0.475. The molecular weight excluding hydrogens is 342 g/mol. The van der Waals surface area contributed by atoms with Gasteiger partial charge in [-0.2, -0.15) is 0 Å². The van der Waals surface area contributed by atoms with Crippen molar-refractivity contribution < 1.29 is 13.5 Å². The minimum absolute atomic E-state index is 0.0277. The van der Waals surface area contributed by atoms with Crippen molar-refractivity contribution in [3.05, 3.63) is 52.0 Å². The van der Waals surface area contributed by atoms with Crippen molar-refractivity contribution in [3.63, 3.8) is 0 Å². The summed E-state index contributed by atoms with van der Waals surface area (Å²) >= 11 is 3.37. The average molecular weight is 356 g/mol. The molecule has 0 aliphatic rings. The first-order valence-electron chi connectivity index (χ1n) is 5.88. The molecule has 6 heteroatoms. The van der Waals surface area contributed by atoms with E-state index in [4.69, 9.17) is 0 Å². The molecule has 0 fully saturated rings. The van der Waals surface area contributed by atoms with Crippen molar-refractivity contribution >= 4 is 31.6 Å². The van der Waals surface area contributed by atoms with E-state index in [2.05, 4.69) is 20.7 Å². The Balaban J connectivity index is 2.41. The largest absolute Gasteiger partial charge is 0.508 e. The van der Waals surface area contributed by atoms with Crippen molar-refractivity contribution in [2.75, 3.05) is 4.72 Å². The maximum atomic E-state index is 12.3. The van der Waals surface area contributed by atoms with E-state index in [1.54, 1.807) is 0 Å². The van der Waals surface area contributed by atoms with E-state index in [1.165, 1.54) is 24.3 Å². The van der Waals surface area contributed by atoms with Crippen LogP contribution in [0.1, 0.15) is 11.1 Å². The third-order valence-corrected chi connectivity index (χ3v) is 4.70. The molecule has 4 nitrogen and oxygen atoms in total. The smallest absolute Gasteiger partial charge is 0.261 e. The monoisotopic (exact) mass is 355 g/mol. The highest BCUT2D eigenvalue weighted by atomic mass is 79.9. The highest BCUT2D eigenvalue weighted by Crippen LogP contribution is 2.27. The molecule has 0 spiro atoms. The molecule has 2 rings (SSSR count). The van der Waals surface area contributed by atoms with Crippen LogP contribution in [0.25, 0.3) is 0 Å². The van der Waals surface area contributed by atoms with Crippen LogP contribution < -0.4 is 4.72 Å². The maximum Gasteiger partial charge on any atom is 0.261 e. The van der Waals surface area contributed by atoms with Crippen LogP contribution in [-0.4, -0.2) is 13.5 Å². The summed E-state index contributed by atoms with van der Waals surface area (Å²) in [6, 6.07) is 9.11. The molecular formula is C14H14BrNO3S. The minimum atomic E-state index is -3.66. The number of halogens is 1. The fraction of sp³-hybridized carbons (Fsp3) is 0.143. The fourth-order valence-corrected chi connectivity index (χ4v) is 3.78. The van der Waals surface area contributed by atoms with E-state index in [-0.39, 0.29) is 10.6 Å². The molecule has 0 amide bonds. The number of anilines is 1. The quantitative estimate of drug-likeness (QED) is 0.884. The number of aromatic hydroxyl groups is 1. The third-order valence-electron chi connectivity index (χ3n) is 2.88. The van der Waals surface area contributed by atoms with Gasteiger partial charge in [0, 0.05) is 4.47 Å². The molecule has 20 heavy (non-hydrogen) atoms. The van der Waals surface area contributed by atoms with E-state index >= 15 is 0 Å². The zero-order valence-corrected chi connectivity index (χ0v) is 13.4. The third kappa shape index (κ3) is 3.13. The van der Waals surface area contributed by atoms with Crippen LogP contribution in [0, 0.1) is 13.8 Å². The summed E-state index contributed by atoms with van der Waals surface area (Å²) in [5.74, 6) is 0.0277. The Kier molecular flexibility index (Phi) is 4.06. The molecule has 0 heterocycles. The average Bonchev–Trinajstić information content (AvgIpc) is 2.34. The summed E-state index contributed by atoms with van der Waals surface area (Å²) in [6.45, 7) is 3.68. The summed E-state index contributed by atoms with van der Waals surface area (Å²) in [5, 5.41) is 9.21. The van der Waals surface area contributed by atoms with Gasteiger partial charge in [-0.15, -0.1) is 0 Å². The lowest BCUT2D eigenvalue weighted by atomic mass is 10.1. The normalized spacial score (nSPS) is 11.3. The van der Waals surface area contributed by atoms with Gasteiger partial charge >= 0.3 is 0 Å². The molecule has 0 aliphatic heterocycles. The van der Waals surface area contributed by atoms with Gasteiger partial charge in [0.2, 0.25) is 0 Å². The number of phenolic OH excluding ortho intramolecular Hbond substituents is 1. The number of hydrogen-bond donors (Lipinski definition) is 2. The molecule has 0 aromatic heterocycles. The van der Waals surface area contributed by atoms with Crippen LogP contribution in [0.2, 0.25) is 0 Å². The van der Waals surface area contributed by atoms with Crippen LogP contribution in [-0.2, 0) is 10.0 Å². The van der Waals surface area contributed by atoms with E-state index < -0.39 is 10.0 Å². The standard InChI is InChI=1S/C14H14BrNO3S/c1-9-7-11(15)8-10(2)14(9)16-20(18,19)13-5-3-12(17)4-6-13/h3-8,16-17H,1-2H3. The summed E-state index contributed by atoms with van der Waals surface area (Å²) in [6.07, 6.45) is 0. The number of sulfonamides is 1. The van der Waals surface area contributed by atoms with Crippen LogP contribution >= 0.6 is 15.9 Å². The Morgan fingerprint density at radius 3 is 2.05 bits per heavy atom. The molecule has 0 aliphatic carbocycles. The van der Waals surface area contributed by atoms with Crippen LogP contribution in [0.5, 0.6) is 5.75 Å². The van der Waals surface area contributed by atoms with Crippen molar-refractivity contribution in [3.8, 4) is 5.75 Å². The Hall–Kier alpha value is -1.53. The second kappa shape index (κ2) is 5.46. The highest BCUT2D eigenvalue weighted by Gasteiger charge is 2.16. The maximum absolute atomic E-state index is 12.3. The molecule has 2 N–H and O–H groups in total. The lowest BCUT2D eigenvalue weighted by Gasteiger charge is -2.14. The Bertz CT molecular complexity index is 717. The van der Waals surface area contributed by atoms with E-state index in [0.717, 1.165) is 15.6 Å². The second-order valence-electron chi connectivity index (χ2n) is 4.51. The zero-order chi connectivity index (χ0) is 14.9. The topological polar surface area (TPSA) is 66.4 Å². The predicted octanol–water partition coefficient (Wildman–Crippen LogP) is 3.57. The number of nitrogens with one attached hydrogen (secondary N) is 1. The van der Waals surface area contributed by atoms with Gasteiger partial charge in [-0.25, -0.2) is 8.42 Å². The molecule has 0 saturated carbocycles. The van der Waals surface area contributed by atoms with Gasteiger partial charge in [-0.3, -0.25) is 4.72 Å². The zero-order valence-electron chi connectivity index (χ0n) is 11.0. The van der Waals surface area contributed by atoms with Crippen molar-refractivity contribution in [1.82, 2.24) is 0 Å². The van der Waals surface area contributed by atoms with Crippen LogP contribution in [0.15, 0.2) is 45.8 Å². The van der Waals surface area contributed by atoms with Gasteiger partial charge < -0.3 is 5.11 Å². The SMILES string of the molecule is Cc1cc(Br)cc(C)c1NS(=O)(=O)c1ccc(O)cc1. The van der Waals surface area contributed by atoms with Gasteiger partial charge in [0.15, 0.2) is 0 Å². The molecule has 0 atom stereocenters. The van der Waals surface area contributed by atoms with Gasteiger partial charge in [0.05, 0.1) is 10.6 Å². The predicted molar refractivity (Wildman–Crippen MR) is 82.5 cm³/mol. The Morgan fingerprint density at radius 1 is 1.05 bits per heavy atom. The van der Waals surface area contributed by atoms with Gasteiger partial charge in [-0.1, -0.05) is 15.9 Å². The highest BCUT2D eigenvalue weighted by molar-refractivity contribution is 9.10. The Labute approximate surface area is 126 Å². The molecule has 0 unspecified atom stereocenters. The van der Waals surface area contributed by atoms with Gasteiger partial charge in [-0.05, 0) is 61.4 Å². The summed E-state index contributed by atoms with van der Waals surface area (Å²) in [5.41, 5.74) is 2.24. The van der Waals surface area contributed by atoms with Gasteiger partial charge in [0.1, 0.15) is 5.75 Å². The van der Waals surface area contributed by atoms with Crippen molar-refractivity contribution in [2.45, 2.75) is 18.7 Å². The number of phenols is 1. The number of benzene rings is 2. The molecule has 0 saturated heterocycles.